The molecule has 0 fully saturated rings. The first-order valence-corrected chi connectivity index (χ1v) is 12.7. The van der Waals surface area contributed by atoms with Gasteiger partial charge in [-0.25, -0.2) is 0 Å². The number of dihydropyridines is 1. The minimum absolute atomic E-state index is 0.0225. The van der Waals surface area contributed by atoms with Crippen LogP contribution in [0.4, 0.5) is 24.5 Å². The zero-order valence-corrected chi connectivity index (χ0v) is 21.7. The lowest BCUT2D eigenvalue weighted by molar-refractivity contribution is -0.137. The molecule has 0 spiro atoms. The molecule has 1 atom stereocenters. The van der Waals surface area contributed by atoms with Crippen LogP contribution in [0, 0.1) is 18.3 Å². The third kappa shape index (κ3) is 6.53. The van der Waals surface area contributed by atoms with Crippen LogP contribution < -0.4 is 16.0 Å². The number of allylic oxidation sites excluding steroid dienone is 2. The molecule has 200 valence electrons. The Kier molecular flexibility index (Phi) is 8.16. The first kappa shape index (κ1) is 27.6. The second kappa shape index (κ2) is 11.5. The monoisotopic (exact) mass is 552 g/mol. The highest BCUT2D eigenvalue weighted by Crippen LogP contribution is 2.41. The number of anilines is 2. The first-order valence-electron chi connectivity index (χ1n) is 11.7. The summed E-state index contributed by atoms with van der Waals surface area (Å²) >= 11 is 1.09. The number of hydrogen-bond acceptors (Lipinski definition) is 6. The Bertz CT molecular complexity index is 1490. The molecule has 0 radical (unpaired) electrons. The molecular weight excluding hydrogens is 529 g/mol. The largest absolute Gasteiger partial charge is 0.468 e. The average Bonchev–Trinajstić information content (AvgIpc) is 3.42. The molecule has 0 saturated carbocycles. The van der Waals surface area contributed by atoms with Crippen molar-refractivity contribution >= 4 is 35.0 Å². The molecule has 2 heterocycles. The molecular formula is C28H23F3N4O3S. The van der Waals surface area contributed by atoms with Gasteiger partial charge in [-0.1, -0.05) is 35.5 Å². The van der Waals surface area contributed by atoms with Crippen molar-refractivity contribution in [3.63, 3.8) is 0 Å². The fraction of sp³-hybridized carbons (Fsp3) is 0.179. The predicted octanol–water partition coefficient (Wildman–Crippen LogP) is 6.31. The third-order valence-corrected chi connectivity index (χ3v) is 6.87. The Morgan fingerprint density at radius 2 is 1.79 bits per heavy atom. The van der Waals surface area contributed by atoms with Crippen molar-refractivity contribution in [2.45, 2.75) is 25.9 Å². The fourth-order valence-corrected chi connectivity index (χ4v) is 4.90. The Morgan fingerprint density at radius 3 is 2.44 bits per heavy atom. The van der Waals surface area contributed by atoms with E-state index in [9.17, 15) is 28.0 Å². The number of amides is 2. The molecule has 1 aliphatic rings. The van der Waals surface area contributed by atoms with Gasteiger partial charge in [0.1, 0.15) is 5.76 Å². The van der Waals surface area contributed by atoms with Gasteiger partial charge in [-0.2, -0.15) is 18.4 Å². The van der Waals surface area contributed by atoms with E-state index in [1.54, 1.807) is 31.2 Å². The summed E-state index contributed by atoms with van der Waals surface area (Å²) in [6.45, 7) is 3.55. The molecule has 3 N–H and O–H groups in total. The molecule has 2 amide bonds. The van der Waals surface area contributed by atoms with Crippen molar-refractivity contribution in [1.29, 1.82) is 5.26 Å². The number of halogens is 3. The van der Waals surface area contributed by atoms with Crippen molar-refractivity contribution in [3.05, 3.63) is 106 Å². The summed E-state index contributed by atoms with van der Waals surface area (Å²) in [5.41, 5.74) is 1.33. The van der Waals surface area contributed by atoms with Crippen LogP contribution in [0.3, 0.4) is 0 Å². The first-order chi connectivity index (χ1) is 18.6. The highest BCUT2D eigenvalue weighted by Gasteiger charge is 2.37. The second-order valence-corrected chi connectivity index (χ2v) is 9.69. The van der Waals surface area contributed by atoms with Gasteiger partial charge in [0.2, 0.25) is 5.91 Å². The summed E-state index contributed by atoms with van der Waals surface area (Å²) in [6.07, 6.45) is -3.18. The molecule has 1 aliphatic heterocycles. The van der Waals surface area contributed by atoms with Gasteiger partial charge in [-0.3, -0.25) is 9.59 Å². The number of thioether (sulfide) groups is 1. The number of carbonyl (C=O) groups excluding carboxylic acids is 2. The van der Waals surface area contributed by atoms with Crippen molar-refractivity contribution in [3.8, 4) is 6.07 Å². The second-order valence-electron chi connectivity index (χ2n) is 8.70. The van der Waals surface area contributed by atoms with Crippen molar-refractivity contribution < 1.29 is 27.2 Å². The Hall–Kier alpha value is -4.43. The molecule has 4 rings (SSSR count). The number of nitrogens with zero attached hydrogens (tertiary/aromatic N) is 1. The molecule has 0 bridgehead atoms. The molecule has 39 heavy (non-hydrogen) atoms. The van der Waals surface area contributed by atoms with Crippen LogP contribution in [0.5, 0.6) is 0 Å². The molecule has 3 aromatic rings. The Morgan fingerprint density at radius 1 is 1.05 bits per heavy atom. The van der Waals surface area contributed by atoms with Crippen molar-refractivity contribution in [1.82, 2.24) is 5.32 Å². The predicted molar refractivity (Wildman–Crippen MR) is 142 cm³/mol. The van der Waals surface area contributed by atoms with E-state index < -0.39 is 23.6 Å². The van der Waals surface area contributed by atoms with Gasteiger partial charge < -0.3 is 20.4 Å². The average molecular weight is 553 g/mol. The van der Waals surface area contributed by atoms with Gasteiger partial charge in [0.15, 0.2) is 0 Å². The van der Waals surface area contributed by atoms with Crippen LogP contribution in [-0.4, -0.2) is 17.6 Å². The van der Waals surface area contributed by atoms with E-state index >= 15 is 0 Å². The summed E-state index contributed by atoms with van der Waals surface area (Å²) < 4.78 is 45.0. The zero-order chi connectivity index (χ0) is 28.2. The normalized spacial score (nSPS) is 15.4. The molecule has 7 nitrogen and oxygen atoms in total. The van der Waals surface area contributed by atoms with Gasteiger partial charge in [0.25, 0.3) is 5.91 Å². The number of benzene rings is 2. The van der Waals surface area contributed by atoms with Gasteiger partial charge >= 0.3 is 6.18 Å². The fourth-order valence-electron chi connectivity index (χ4n) is 4.01. The smallest absolute Gasteiger partial charge is 0.416 e. The van der Waals surface area contributed by atoms with E-state index in [4.69, 9.17) is 4.42 Å². The van der Waals surface area contributed by atoms with E-state index in [1.807, 2.05) is 19.1 Å². The number of aryl methyl sites for hydroxylation is 1. The van der Waals surface area contributed by atoms with E-state index in [2.05, 4.69) is 22.0 Å². The number of rotatable bonds is 7. The minimum Gasteiger partial charge on any atom is -0.468 e. The number of nitrogens with one attached hydrogen (secondary N) is 3. The van der Waals surface area contributed by atoms with Crippen molar-refractivity contribution in [2.75, 3.05) is 16.4 Å². The standard InChI is InChI=1S/C28H23F3N4O3S/c1-16-8-10-19(11-9-16)34-23(36)15-39-27-21(14-32)25(22-7-4-12-38-22)24(17(2)33-27)26(37)35-20-6-3-5-18(13-20)28(29,30)31/h3-13,25,33H,15H2,1-2H3,(H,34,36)(H,35,37)/t25-/m0/s1. The van der Waals surface area contributed by atoms with Gasteiger partial charge in [-0.05, 0) is 56.3 Å². The molecule has 0 saturated heterocycles. The van der Waals surface area contributed by atoms with Crippen LogP contribution in [0.15, 0.2) is 93.2 Å². The molecule has 1 aromatic heterocycles. The van der Waals surface area contributed by atoms with Crippen LogP contribution in [0.25, 0.3) is 0 Å². The van der Waals surface area contributed by atoms with Crippen LogP contribution in [-0.2, 0) is 15.8 Å². The van der Waals surface area contributed by atoms with Gasteiger partial charge in [-0.15, -0.1) is 0 Å². The maximum atomic E-state index is 13.4. The van der Waals surface area contributed by atoms with Crippen LogP contribution in [0.1, 0.15) is 29.7 Å². The summed E-state index contributed by atoms with van der Waals surface area (Å²) in [5, 5.41) is 18.8. The van der Waals surface area contributed by atoms with E-state index in [-0.39, 0.29) is 28.5 Å². The molecule has 2 aromatic carbocycles. The summed E-state index contributed by atoms with van der Waals surface area (Å²) in [5.74, 6) is -1.66. The van der Waals surface area contributed by atoms with Crippen LogP contribution >= 0.6 is 11.8 Å². The number of nitriles is 1. The lowest BCUT2D eigenvalue weighted by atomic mass is 9.85. The SMILES string of the molecule is CC1=C(C(=O)Nc2cccc(C(F)(F)F)c2)[C@H](c2ccco2)C(C#N)=C(SCC(=O)Nc2ccc(C)cc2)N1. The van der Waals surface area contributed by atoms with Crippen molar-refractivity contribution in [2.24, 2.45) is 0 Å². The van der Waals surface area contributed by atoms with E-state index in [0.717, 1.165) is 29.5 Å². The zero-order valence-electron chi connectivity index (χ0n) is 20.8. The van der Waals surface area contributed by atoms with Crippen LogP contribution in [0.2, 0.25) is 0 Å². The lowest BCUT2D eigenvalue weighted by Crippen LogP contribution is -2.31. The Labute approximate surface area is 226 Å². The van der Waals surface area contributed by atoms with E-state index in [1.165, 1.54) is 18.4 Å². The maximum absolute atomic E-state index is 13.4. The quantitative estimate of drug-likeness (QED) is 0.317. The number of hydrogen-bond donors (Lipinski definition) is 3. The summed E-state index contributed by atoms with van der Waals surface area (Å²) in [4.78, 5) is 25.9. The number of alkyl halides is 3. The Balaban J connectivity index is 1.58. The topological polar surface area (TPSA) is 107 Å². The number of carbonyl (C=O) groups is 2. The highest BCUT2D eigenvalue weighted by atomic mass is 32.2. The maximum Gasteiger partial charge on any atom is 0.416 e. The molecule has 0 unspecified atom stereocenters. The summed E-state index contributed by atoms with van der Waals surface area (Å²) in [6, 6.07) is 16.9. The molecule has 11 heteroatoms. The lowest BCUT2D eigenvalue weighted by Gasteiger charge is -2.28. The number of furan rings is 1. The highest BCUT2D eigenvalue weighted by molar-refractivity contribution is 8.03. The molecule has 0 aliphatic carbocycles. The van der Waals surface area contributed by atoms with Gasteiger partial charge in [0, 0.05) is 17.1 Å². The van der Waals surface area contributed by atoms with E-state index in [0.29, 0.717) is 22.2 Å². The summed E-state index contributed by atoms with van der Waals surface area (Å²) in [7, 11) is 0. The van der Waals surface area contributed by atoms with Gasteiger partial charge in [0.05, 0.1) is 45.7 Å². The third-order valence-electron chi connectivity index (χ3n) is 5.85. The minimum atomic E-state index is -4.58.